The number of halogens is 1. The van der Waals surface area contributed by atoms with Crippen LogP contribution in [0.1, 0.15) is 6.42 Å². The van der Waals surface area contributed by atoms with Crippen LogP contribution in [0, 0.1) is 0 Å². The van der Waals surface area contributed by atoms with Crippen LogP contribution in [0.5, 0.6) is 5.88 Å². The Morgan fingerprint density at radius 1 is 1.29 bits per heavy atom. The third-order valence-electron chi connectivity index (χ3n) is 5.51. The molecule has 4 aromatic heterocycles. The van der Waals surface area contributed by atoms with E-state index in [1.165, 1.54) is 7.11 Å². The number of carbonyl (C=O) groups is 1. The number of nitrogens with one attached hydrogen (secondary N) is 1. The highest BCUT2D eigenvalue weighted by molar-refractivity contribution is 5.85. The van der Waals surface area contributed by atoms with Crippen molar-refractivity contribution in [3.8, 4) is 17.0 Å². The third-order valence-corrected chi connectivity index (χ3v) is 5.51. The summed E-state index contributed by atoms with van der Waals surface area (Å²) in [5.74, 6) is 0.568. The van der Waals surface area contributed by atoms with Crippen molar-refractivity contribution in [1.82, 2.24) is 29.1 Å². The molecule has 4 aromatic rings. The molecule has 0 spiro atoms. The molecule has 31 heavy (non-hydrogen) atoms. The van der Waals surface area contributed by atoms with Crippen LogP contribution in [0.2, 0.25) is 0 Å². The number of pyridine rings is 1. The minimum absolute atomic E-state index is 0.183. The Hall–Kier alpha value is -3.89. The van der Waals surface area contributed by atoms with E-state index < -0.39 is 18.3 Å². The van der Waals surface area contributed by atoms with Gasteiger partial charge in [0.25, 0.3) is 0 Å². The number of amides is 1. The molecule has 1 aliphatic rings. The van der Waals surface area contributed by atoms with E-state index >= 15 is 0 Å². The first-order valence-corrected chi connectivity index (χ1v) is 9.79. The molecule has 0 aromatic carbocycles. The first kappa shape index (κ1) is 19.1. The Kier molecular flexibility index (Phi) is 4.57. The van der Waals surface area contributed by atoms with Crippen LogP contribution in [0.25, 0.3) is 22.2 Å². The quantitative estimate of drug-likeness (QED) is 0.517. The zero-order valence-electron chi connectivity index (χ0n) is 16.6. The minimum atomic E-state index is -1.36. The van der Waals surface area contributed by atoms with Gasteiger partial charge in [0.2, 0.25) is 11.8 Å². The summed E-state index contributed by atoms with van der Waals surface area (Å²) < 4.78 is 23.4. The molecule has 0 bridgehead atoms. The van der Waals surface area contributed by atoms with E-state index in [0.29, 0.717) is 17.8 Å². The van der Waals surface area contributed by atoms with Gasteiger partial charge in [-0.15, -0.1) is 5.10 Å². The summed E-state index contributed by atoms with van der Waals surface area (Å²) in [6.45, 7) is 0.0641. The molecule has 0 aliphatic carbocycles. The maximum Gasteiger partial charge on any atom is 0.407 e. The van der Waals surface area contributed by atoms with Crippen LogP contribution < -0.4 is 10.1 Å². The Bertz CT molecular complexity index is 1270. The van der Waals surface area contributed by atoms with Gasteiger partial charge < -0.3 is 20.1 Å². The molecule has 0 saturated carbocycles. The predicted octanol–water partition coefficient (Wildman–Crippen LogP) is 2.55. The molecular weight excluding hydrogens is 405 g/mol. The van der Waals surface area contributed by atoms with Crippen molar-refractivity contribution < 1.29 is 19.0 Å². The van der Waals surface area contributed by atoms with E-state index in [4.69, 9.17) is 9.84 Å². The van der Waals surface area contributed by atoms with Gasteiger partial charge in [0.05, 0.1) is 25.2 Å². The van der Waals surface area contributed by atoms with E-state index in [2.05, 4.69) is 20.5 Å². The zero-order valence-corrected chi connectivity index (χ0v) is 16.6. The molecule has 1 aliphatic heterocycles. The monoisotopic (exact) mass is 425 g/mol. The van der Waals surface area contributed by atoms with E-state index in [0.717, 1.165) is 21.5 Å². The first-order chi connectivity index (χ1) is 15.0. The van der Waals surface area contributed by atoms with Crippen molar-refractivity contribution in [2.75, 3.05) is 25.5 Å². The topological polar surface area (TPSA) is 109 Å². The molecule has 11 heteroatoms. The number of likely N-dealkylation sites (tertiary alicyclic amines) is 1. The fourth-order valence-electron chi connectivity index (χ4n) is 3.92. The normalized spacial score (nSPS) is 19.1. The summed E-state index contributed by atoms with van der Waals surface area (Å²) in [7, 11) is 1.52. The van der Waals surface area contributed by atoms with Gasteiger partial charge in [-0.3, -0.25) is 0 Å². The van der Waals surface area contributed by atoms with Gasteiger partial charge in [-0.1, -0.05) is 0 Å². The average molecular weight is 425 g/mol. The van der Waals surface area contributed by atoms with Crippen molar-refractivity contribution in [2.24, 2.45) is 0 Å². The van der Waals surface area contributed by atoms with Gasteiger partial charge in [0.15, 0.2) is 0 Å². The Morgan fingerprint density at radius 3 is 2.90 bits per heavy atom. The summed E-state index contributed by atoms with van der Waals surface area (Å²) in [6, 6.07) is 7.21. The number of methoxy groups -OCH3 is 1. The second-order valence-electron chi connectivity index (χ2n) is 7.37. The standard InChI is InChI=1S/C20H20FN7O3/c1-31-18-17-14(12-3-8-27-13(10-12)2-6-22-27)4-9-28(17)25-19(24-18)23-16-5-7-26(20(29)30)11-15(16)21/h2-4,6,8-10,15-16H,5,7,11H2,1H3,(H,23,25)(H,29,30)/t15-,16+/m1/s1. The molecule has 0 unspecified atom stereocenters. The number of ether oxygens (including phenoxy) is 1. The number of piperidine rings is 1. The minimum Gasteiger partial charge on any atom is -0.479 e. The van der Waals surface area contributed by atoms with E-state index in [1.54, 1.807) is 21.4 Å². The SMILES string of the molecule is COc1nc(N[C@H]2CCN(C(=O)O)C[C@H]2F)nn2ccc(-c3ccn4nccc4c3)c12. The Morgan fingerprint density at radius 2 is 2.13 bits per heavy atom. The number of anilines is 1. The Balaban J connectivity index is 1.46. The number of hydrogen-bond acceptors (Lipinski definition) is 6. The number of hydrogen-bond donors (Lipinski definition) is 2. The first-order valence-electron chi connectivity index (χ1n) is 9.79. The molecule has 1 fully saturated rings. The van der Waals surface area contributed by atoms with Gasteiger partial charge in [0, 0.05) is 30.7 Å². The lowest BCUT2D eigenvalue weighted by Crippen LogP contribution is -2.49. The fourth-order valence-corrected chi connectivity index (χ4v) is 3.92. The van der Waals surface area contributed by atoms with Crippen molar-refractivity contribution >= 4 is 23.1 Å². The molecule has 160 valence electrons. The Labute approximate surface area is 175 Å². The van der Waals surface area contributed by atoms with Gasteiger partial charge in [-0.25, -0.2) is 18.2 Å². The van der Waals surface area contributed by atoms with Crippen LogP contribution in [0.15, 0.2) is 42.9 Å². The van der Waals surface area contributed by atoms with Crippen LogP contribution in [0.3, 0.4) is 0 Å². The molecular formula is C20H20FN7O3. The number of carboxylic acid groups (broad SMARTS) is 1. The predicted molar refractivity (Wildman–Crippen MR) is 110 cm³/mol. The highest BCUT2D eigenvalue weighted by Crippen LogP contribution is 2.32. The van der Waals surface area contributed by atoms with Gasteiger partial charge in [0.1, 0.15) is 11.7 Å². The van der Waals surface area contributed by atoms with Crippen LogP contribution in [-0.2, 0) is 0 Å². The van der Waals surface area contributed by atoms with E-state index in [9.17, 15) is 9.18 Å². The number of fused-ring (bicyclic) bond motifs is 2. The molecule has 5 heterocycles. The highest BCUT2D eigenvalue weighted by Gasteiger charge is 2.32. The van der Waals surface area contributed by atoms with Gasteiger partial charge >= 0.3 is 6.09 Å². The fraction of sp³-hybridized carbons (Fsp3) is 0.300. The van der Waals surface area contributed by atoms with Gasteiger partial charge in [-0.05, 0) is 36.2 Å². The molecule has 2 atom stereocenters. The van der Waals surface area contributed by atoms with E-state index in [1.807, 2.05) is 30.5 Å². The number of alkyl halides is 1. The lowest BCUT2D eigenvalue weighted by atomic mass is 10.0. The maximum atomic E-state index is 14.5. The van der Waals surface area contributed by atoms with Crippen LogP contribution in [0.4, 0.5) is 15.1 Å². The maximum absolute atomic E-state index is 14.5. The number of rotatable bonds is 4. The largest absolute Gasteiger partial charge is 0.479 e. The van der Waals surface area contributed by atoms with Crippen molar-refractivity contribution in [2.45, 2.75) is 18.6 Å². The summed E-state index contributed by atoms with van der Waals surface area (Å²) in [4.78, 5) is 16.6. The lowest BCUT2D eigenvalue weighted by Gasteiger charge is -2.33. The molecule has 10 nitrogen and oxygen atoms in total. The highest BCUT2D eigenvalue weighted by atomic mass is 19.1. The molecule has 5 rings (SSSR count). The summed E-state index contributed by atoms with van der Waals surface area (Å²) >= 11 is 0. The average Bonchev–Trinajstić information content (AvgIpc) is 3.40. The van der Waals surface area contributed by atoms with Crippen LogP contribution >= 0.6 is 0 Å². The molecule has 1 amide bonds. The van der Waals surface area contributed by atoms with Crippen LogP contribution in [-0.4, -0.2) is 72.7 Å². The second-order valence-corrected chi connectivity index (χ2v) is 7.37. The molecule has 0 radical (unpaired) electrons. The summed E-state index contributed by atoms with van der Waals surface area (Å²) in [5.41, 5.74) is 3.50. The third kappa shape index (κ3) is 3.37. The summed E-state index contributed by atoms with van der Waals surface area (Å²) in [6.07, 6.45) is 3.24. The second kappa shape index (κ2) is 7.42. The molecule has 2 N–H and O–H groups in total. The van der Waals surface area contributed by atoms with Crippen molar-refractivity contribution in [1.29, 1.82) is 0 Å². The number of nitrogens with zero attached hydrogens (tertiary/aromatic N) is 6. The smallest absolute Gasteiger partial charge is 0.407 e. The lowest BCUT2D eigenvalue weighted by molar-refractivity contribution is 0.101. The molecule has 1 saturated heterocycles. The van der Waals surface area contributed by atoms with E-state index in [-0.39, 0.29) is 19.0 Å². The van der Waals surface area contributed by atoms with Crippen molar-refractivity contribution in [3.05, 3.63) is 42.9 Å². The summed E-state index contributed by atoms with van der Waals surface area (Å²) in [5, 5.41) is 20.7. The zero-order chi connectivity index (χ0) is 21.5. The van der Waals surface area contributed by atoms with Crippen molar-refractivity contribution in [3.63, 3.8) is 0 Å². The number of aromatic nitrogens is 5. The van der Waals surface area contributed by atoms with Gasteiger partial charge in [-0.2, -0.15) is 10.1 Å².